The van der Waals surface area contributed by atoms with Crippen LogP contribution < -0.4 is 4.74 Å². The van der Waals surface area contributed by atoms with E-state index in [1.165, 1.54) is 14.0 Å². The Bertz CT molecular complexity index is 616. The number of methoxy groups -OCH3 is 1. The summed E-state index contributed by atoms with van der Waals surface area (Å²) in [6.45, 7) is 6.36. The molecule has 24 heavy (non-hydrogen) atoms. The molecule has 5 nitrogen and oxygen atoms in total. The predicted octanol–water partition coefficient (Wildman–Crippen LogP) is 2.48. The van der Waals surface area contributed by atoms with Crippen molar-refractivity contribution in [3.05, 3.63) is 23.3 Å². The third-order valence-corrected chi connectivity index (χ3v) is 5.50. The van der Waals surface area contributed by atoms with Gasteiger partial charge in [0.15, 0.2) is 11.5 Å². The number of benzene rings is 1. The number of phenols is 1. The second-order valence-corrected chi connectivity index (χ2v) is 6.79. The van der Waals surface area contributed by atoms with Crippen LogP contribution >= 0.6 is 0 Å². The average Bonchev–Trinajstić information content (AvgIpc) is 2.56. The Morgan fingerprint density at radius 1 is 1.42 bits per heavy atom. The lowest BCUT2D eigenvalue weighted by Gasteiger charge is -2.50. The van der Waals surface area contributed by atoms with Crippen molar-refractivity contribution >= 4 is 5.78 Å². The lowest BCUT2D eigenvalue weighted by Crippen LogP contribution is -2.58. The molecule has 0 aromatic heterocycles. The van der Waals surface area contributed by atoms with Crippen LogP contribution in [0.2, 0.25) is 0 Å². The van der Waals surface area contributed by atoms with Gasteiger partial charge in [0.05, 0.1) is 12.7 Å². The summed E-state index contributed by atoms with van der Waals surface area (Å²) in [6.07, 6.45) is 1.42. The third kappa shape index (κ3) is 3.03. The average molecular weight is 335 g/mol. The van der Waals surface area contributed by atoms with E-state index in [4.69, 9.17) is 4.74 Å². The first-order valence-corrected chi connectivity index (χ1v) is 8.60. The molecule has 0 radical (unpaired) electrons. The highest BCUT2D eigenvalue weighted by Crippen LogP contribution is 2.50. The van der Waals surface area contributed by atoms with E-state index in [0.717, 1.165) is 17.7 Å². The van der Waals surface area contributed by atoms with Crippen LogP contribution in [-0.4, -0.2) is 53.2 Å². The number of nitrogens with zero attached hydrogens (tertiary/aromatic N) is 1. The fourth-order valence-electron chi connectivity index (χ4n) is 4.08. The minimum Gasteiger partial charge on any atom is -0.504 e. The summed E-state index contributed by atoms with van der Waals surface area (Å²) in [5, 5.41) is 21.8. The third-order valence-electron chi connectivity index (χ3n) is 5.50. The van der Waals surface area contributed by atoms with Crippen LogP contribution in [0, 0.1) is 0 Å². The number of ether oxygens (including phenoxy) is 1. The number of likely N-dealkylation sites (N-methyl/N-ethyl adjacent to an activating group) is 1. The van der Waals surface area contributed by atoms with Gasteiger partial charge >= 0.3 is 0 Å². The standard InChI is InChI=1S/C19H29NO4/c1-6-19(23)14(10-12(3)21)17-13(11-16(19)20(4)7-2)8-9-15(22)18(17)24-5/h8-9,14,16,22-23H,6-7,10-11H2,1-5H3/t14?,16-,19+/m1/s1. The largest absolute Gasteiger partial charge is 0.504 e. The van der Waals surface area contributed by atoms with Crippen LogP contribution in [0.15, 0.2) is 12.1 Å². The van der Waals surface area contributed by atoms with Gasteiger partial charge in [0.2, 0.25) is 0 Å². The zero-order valence-electron chi connectivity index (χ0n) is 15.3. The number of hydrogen-bond acceptors (Lipinski definition) is 5. The first-order valence-electron chi connectivity index (χ1n) is 8.60. The molecule has 0 amide bonds. The van der Waals surface area contributed by atoms with Gasteiger partial charge in [-0.1, -0.05) is 19.9 Å². The van der Waals surface area contributed by atoms with E-state index in [1.807, 2.05) is 20.0 Å². The Balaban J connectivity index is 2.69. The van der Waals surface area contributed by atoms with Crippen molar-refractivity contribution < 1.29 is 19.7 Å². The number of carbonyl (C=O) groups excluding carboxylic acids is 1. The van der Waals surface area contributed by atoms with Gasteiger partial charge in [-0.3, -0.25) is 0 Å². The Kier molecular flexibility index (Phi) is 5.56. The molecule has 1 unspecified atom stereocenters. The van der Waals surface area contributed by atoms with Crippen LogP contribution in [0.1, 0.15) is 50.7 Å². The van der Waals surface area contributed by atoms with Gasteiger partial charge in [-0.25, -0.2) is 0 Å². The number of aromatic hydroxyl groups is 1. The van der Waals surface area contributed by atoms with Crippen molar-refractivity contribution in [2.75, 3.05) is 20.7 Å². The van der Waals surface area contributed by atoms with Crippen molar-refractivity contribution in [1.29, 1.82) is 0 Å². The summed E-state index contributed by atoms with van der Waals surface area (Å²) >= 11 is 0. The maximum absolute atomic E-state index is 11.9. The minimum atomic E-state index is -1.05. The topological polar surface area (TPSA) is 70.0 Å². The number of aliphatic hydroxyl groups is 1. The second-order valence-electron chi connectivity index (χ2n) is 6.79. The highest BCUT2D eigenvalue weighted by molar-refractivity contribution is 5.77. The predicted molar refractivity (Wildman–Crippen MR) is 93.7 cm³/mol. The number of phenolic OH excluding ortho intramolecular Hbond substituents is 1. The molecular formula is C19H29NO4. The highest BCUT2D eigenvalue weighted by Gasteiger charge is 2.50. The molecule has 0 saturated heterocycles. The molecule has 1 aromatic rings. The fraction of sp³-hybridized carbons (Fsp3) is 0.632. The van der Waals surface area contributed by atoms with E-state index < -0.39 is 11.5 Å². The van der Waals surface area contributed by atoms with Gasteiger partial charge in [0, 0.05) is 23.9 Å². The summed E-state index contributed by atoms with van der Waals surface area (Å²) in [6, 6.07) is 3.42. The number of carbonyl (C=O) groups is 1. The number of fused-ring (bicyclic) bond motifs is 1. The first kappa shape index (κ1) is 18.7. The molecule has 2 N–H and O–H groups in total. The molecule has 2 rings (SSSR count). The Labute approximate surface area is 144 Å². The maximum atomic E-state index is 11.9. The van der Waals surface area contributed by atoms with E-state index in [9.17, 15) is 15.0 Å². The lowest BCUT2D eigenvalue weighted by molar-refractivity contribution is -0.122. The molecule has 1 aromatic carbocycles. The fourth-order valence-corrected chi connectivity index (χ4v) is 4.08. The molecule has 1 aliphatic rings. The van der Waals surface area contributed by atoms with Crippen molar-refractivity contribution in [1.82, 2.24) is 4.90 Å². The molecule has 0 spiro atoms. The summed E-state index contributed by atoms with van der Waals surface area (Å²) in [5.41, 5.74) is 0.752. The van der Waals surface area contributed by atoms with Gasteiger partial charge in [0.25, 0.3) is 0 Å². The van der Waals surface area contributed by atoms with Crippen molar-refractivity contribution in [3.8, 4) is 11.5 Å². The number of ketones is 1. The van der Waals surface area contributed by atoms with Crippen LogP contribution in [0.4, 0.5) is 0 Å². The quantitative estimate of drug-likeness (QED) is 0.836. The SMILES string of the molecule is CCN(C)[C@@H]1Cc2ccc(O)c(OC)c2C(CC(C)=O)[C@@]1(O)CC. The van der Waals surface area contributed by atoms with E-state index in [-0.39, 0.29) is 24.0 Å². The molecule has 0 aliphatic heterocycles. The van der Waals surface area contributed by atoms with E-state index in [1.54, 1.807) is 6.07 Å². The number of hydrogen-bond donors (Lipinski definition) is 2. The summed E-state index contributed by atoms with van der Waals surface area (Å²) in [7, 11) is 3.51. The second kappa shape index (κ2) is 7.11. The zero-order valence-corrected chi connectivity index (χ0v) is 15.3. The normalized spacial score (nSPS) is 26.3. The summed E-state index contributed by atoms with van der Waals surface area (Å²) < 4.78 is 5.43. The molecular weight excluding hydrogens is 306 g/mol. The monoisotopic (exact) mass is 335 g/mol. The lowest BCUT2D eigenvalue weighted by atomic mass is 9.65. The highest BCUT2D eigenvalue weighted by atomic mass is 16.5. The van der Waals surface area contributed by atoms with Gasteiger partial charge < -0.3 is 24.6 Å². The molecule has 1 aliphatic carbocycles. The molecule has 0 fully saturated rings. The van der Waals surface area contributed by atoms with Gasteiger partial charge in [-0.05, 0) is 45.0 Å². The summed E-state index contributed by atoms with van der Waals surface area (Å²) in [4.78, 5) is 14.1. The van der Waals surface area contributed by atoms with E-state index in [0.29, 0.717) is 18.6 Å². The maximum Gasteiger partial charge on any atom is 0.164 e. The smallest absolute Gasteiger partial charge is 0.164 e. The Hall–Kier alpha value is -1.59. The van der Waals surface area contributed by atoms with Gasteiger partial charge in [-0.2, -0.15) is 0 Å². The van der Waals surface area contributed by atoms with Crippen LogP contribution in [0.5, 0.6) is 11.5 Å². The Morgan fingerprint density at radius 3 is 2.58 bits per heavy atom. The van der Waals surface area contributed by atoms with Crippen LogP contribution in [0.3, 0.4) is 0 Å². The molecule has 5 heteroatoms. The molecule has 0 heterocycles. The molecule has 3 atom stereocenters. The van der Waals surface area contributed by atoms with Crippen molar-refractivity contribution in [3.63, 3.8) is 0 Å². The summed E-state index contributed by atoms with van der Waals surface area (Å²) in [5.74, 6) is 0.0431. The van der Waals surface area contributed by atoms with Crippen LogP contribution in [0.25, 0.3) is 0 Å². The Morgan fingerprint density at radius 2 is 2.08 bits per heavy atom. The zero-order chi connectivity index (χ0) is 18.1. The van der Waals surface area contributed by atoms with E-state index in [2.05, 4.69) is 11.8 Å². The molecule has 0 bridgehead atoms. The molecule has 0 saturated carbocycles. The minimum absolute atomic E-state index is 0.0167. The first-order chi connectivity index (χ1) is 11.3. The number of Topliss-reactive ketones (excluding diaryl/α,β-unsaturated/α-hetero) is 1. The van der Waals surface area contributed by atoms with Gasteiger partial charge in [0.1, 0.15) is 5.78 Å². The van der Waals surface area contributed by atoms with Crippen molar-refractivity contribution in [2.24, 2.45) is 0 Å². The molecule has 134 valence electrons. The van der Waals surface area contributed by atoms with Crippen LogP contribution in [-0.2, 0) is 11.2 Å². The number of rotatable bonds is 6. The van der Waals surface area contributed by atoms with Crippen molar-refractivity contribution in [2.45, 2.75) is 57.6 Å². The van der Waals surface area contributed by atoms with E-state index >= 15 is 0 Å². The van der Waals surface area contributed by atoms with Gasteiger partial charge in [-0.15, -0.1) is 0 Å².